The Morgan fingerprint density at radius 3 is 2.67 bits per heavy atom. The summed E-state index contributed by atoms with van der Waals surface area (Å²) in [5, 5.41) is 1.55. The van der Waals surface area contributed by atoms with Gasteiger partial charge < -0.3 is 4.90 Å². The van der Waals surface area contributed by atoms with Crippen LogP contribution in [0.2, 0.25) is 0 Å². The number of carbonyl (C=O) groups is 1. The molecular weight excluding hydrogens is 294 g/mol. The summed E-state index contributed by atoms with van der Waals surface area (Å²) in [6.07, 6.45) is 2.35. The van der Waals surface area contributed by atoms with Gasteiger partial charge >= 0.3 is 0 Å². The molecule has 4 nitrogen and oxygen atoms in total. The number of carbonyl (C=O) groups excluding carboxylic acids is 1. The van der Waals surface area contributed by atoms with Crippen molar-refractivity contribution in [3.8, 4) is 0 Å². The van der Waals surface area contributed by atoms with E-state index >= 15 is 0 Å². The first-order chi connectivity index (χ1) is 8.41. The van der Waals surface area contributed by atoms with Gasteiger partial charge in [-0.2, -0.15) is 0 Å². The molecule has 0 atom stereocenters. The molecule has 0 saturated heterocycles. The maximum absolute atomic E-state index is 12.2. The van der Waals surface area contributed by atoms with E-state index in [-0.39, 0.29) is 10.1 Å². The van der Waals surface area contributed by atoms with Crippen molar-refractivity contribution in [2.75, 3.05) is 13.1 Å². The Hall–Kier alpha value is -0.590. The molecule has 7 heteroatoms. The highest BCUT2D eigenvalue weighted by Gasteiger charge is 2.27. The highest BCUT2D eigenvalue weighted by atomic mass is 35.7. The lowest BCUT2D eigenvalue weighted by atomic mass is 10.2. The molecule has 1 amide bonds. The van der Waals surface area contributed by atoms with Crippen LogP contribution in [0.5, 0.6) is 0 Å². The minimum Gasteiger partial charge on any atom is -0.339 e. The van der Waals surface area contributed by atoms with Gasteiger partial charge in [-0.1, -0.05) is 0 Å². The number of amides is 1. The van der Waals surface area contributed by atoms with Crippen molar-refractivity contribution in [1.82, 2.24) is 4.90 Å². The van der Waals surface area contributed by atoms with Crippen LogP contribution in [0.25, 0.3) is 0 Å². The van der Waals surface area contributed by atoms with Crippen LogP contribution in [-0.4, -0.2) is 32.3 Å². The van der Waals surface area contributed by atoms with E-state index in [1.54, 1.807) is 10.3 Å². The smallest absolute Gasteiger partial charge is 0.270 e. The molecule has 1 aromatic rings. The molecule has 0 N–H and O–H groups in total. The van der Waals surface area contributed by atoms with Gasteiger partial charge in [0.1, 0.15) is 4.21 Å². The molecule has 2 rings (SSSR count). The van der Waals surface area contributed by atoms with E-state index in [4.69, 9.17) is 10.7 Å². The second kappa shape index (κ2) is 5.19. The van der Waals surface area contributed by atoms with Crippen LogP contribution >= 0.6 is 22.0 Å². The molecule has 0 radical (unpaired) electrons. The first kappa shape index (κ1) is 13.8. The van der Waals surface area contributed by atoms with Gasteiger partial charge in [-0.25, -0.2) is 8.42 Å². The van der Waals surface area contributed by atoms with Gasteiger partial charge in [-0.3, -0.25) is 4.79 Å². The Morgan fingerprint density at radius 1 is 1.56 bits per heavy atom. The molecule has 100 valence electrons. The number of rotatable bonds is 5. The minimum absolute atomic E-state index is 0.0231. The van der Waals surface area contributed by atoms with E-state index < -0.39 is 9.05 Å². The highest BCUT2D eigenvalue weighted by Crippen LogP contribution is 2.30. The van der Waals surface area contributed by atoms with Crippen molar-refractivity contribution in [1.29, 1.82) is 0 Å². The van der Waals surface area contributed by atoms with E-state index in [2.05, 4.69) is 0 Å². The monoisotopic (exact) mass is 307 g/mol. The zero-order valence-corrected chi connectivity index (χ0v) is 12.3. The second-order valence-corrected chi connectivity index (χ2v) is 8.08. The average Bonchev–Trinajstić information content (AvgIpc) is 2.95. The predicted octanol–water partition coefficient (Wildman–Crippen LogP) is 2.55. The van der Waals surface area contributed by atoms with Gasteiger partial charge in [-0.05, 0) is 31.7 Å². The van der Waals surface area contributed by atoms with E-state index in [0.29, 0.717) is 18.0 Å². The Morgan fingerprint density at radius 2 is 2.22 bits per heavy atom. The number of nitrogens with zero attached hydrogens (tertiary/aromatic N) is 1. The third-order valence-electron chi connectivity index (χ3n) is 2.91. The van der Waals surface area contributed by atoms with Gasteiger partial charge in [0.05, 0.1) is 5.56 Å². The van der Waals surface area contributed by atoms with Gasteiger partial charge in [0.25, 0.3) is 15.0 Å². The Bertz CT molecular complexity index is 548. The molecule has 0 aromatic carbocycles. The van der Waals surface area contributed by atoms with Crippen molar-refractivity contribution in [3.05, 3.63) is 17.0 Å². The van der Waals surface area contributed by atoms with E-state index in [1.165, 1.54) is 18.9 Å². The fourth-order valence-electron chi connectivity index (χ4n) is 1.71. The fourth-order valence-corrected chi connectivity index (χ4v) is 3.65. The number of hydrogen-bond acceptors (Lipinski definition) is 4. The summed E-state index contributed by atoms with van der Waals surface area (Å²) in [6, 6.07) is 1.35. The quantitative estimate of drug-likeness (QED) is 0.786. The summed E-state index contributed by atoms with van der Waals surface area (Å²) in [5.41, 5.74) is 0.404. The van der Waals surface area contributed by atoms with Crippen LogP contribution in [0.4, 0.5) is 0 Å². The van der Waals surface area contributed by atoms with Gasteiger partial charge in [0.15, 0.2) is 0 Å². The van der Waals surface area contributed by atoms with Crippen LogP contribution in [0, 0.1) is 5.92 Å². The lowest BCUT2D eigenvalue weighted by molar-refractivity contribution is 0.0757. The van der Waals surface area contributed by atoms with Crippen LogP contribution < -0.4 is 0 Å². The lowest BCUT2D eigenvalue weighted by Crippen LogP contribution is -2.32. The van der Waals surface area contributed by atoms with Gasteiger partial charge in [0.2, 0.25) is 0 Å². The van der Waals surface area contributed by atoms with E-state index in [0.717, 1.165) is 17.9 Å². The molecule has 0 unspecified atom stereocenters. The molecule has 1 heterocycles. The third kappa shape index (κ3) is 3.24. The molecule has 1 aromatic heterocycles. The Kier molecular flexibility index (Phi) is 3.99. The summed E-state index contributed by atoms with van der Waals surface area (Å²) < 4.78 is 22.3. The zero-order chi connectivity index (χ0) is 13.3. The van der Waals surface area contributed by atoms with Crippen LogP contribution in [0.1, 0.15) is 30.1 Å². The number of thiophene rings is 1. The maximum Gasteiger partial charge on any atom is 0.270 e. The molecular formula is C11H14ClNO3S2. The van der Waals surface area contributed by atoms with Crippen molar-refractivity contribution in [2.24, 2.45) is 5.92 Å². The van der Waals surface area contributed by atoms with Crippen LogP contribution in [0.3, 0.4) is 0 Å². The topological polar surface area (TPSA) is 54.5 Å². The predicted molar refractivity (Wildman–Crippen MR) is 71.7 cm³/mol. The second-order valence-electron chi connectivity index (χ2n) is 4.38. The Labute approximate surface area is 115 Å². The summed E-state index contributed by atoms with van der Waals surface area (Å²) in [7, 11) is 1.50. The van der Waals surface area contributed by atoms with Crippen molar-refractivity contribution in [2.45, 2.75) is 24.0 Å². The zero-order valence-electron chi connectivity index (χ0n) is 9.93. The molecule has 0 aliphatic heterocycles. The molecule has 1 aliphatic rings. The molecule has 1 fully saturated rings. The lowest BCUT2D eigenvalue weighted by Gasteiger charge is -2.19. The summed E-state index contributed by atoms with van der Waals surface area (Å²) in [6.45, 7) is 3.31. The minimum atomic E-state index is -3.74. The standard InChI is InChI=1S/C11H14ClNO3S2/c1-2-13(6-8-3-4-8)11(14)9-5-10(17-7-9)18(12,15)16/h5,7-8H,2-4,6H2,1H3. The van der Waals surface area contributed by atoms with E-state index in [1.807, 2.05) is 6.92 Å². The van der Waals surface area contributed by atoms with E-state index in [9.17, 15) is 13.2 Å². The van der Waals surface area contributed by atoms with Crippen molar-refractivity contribution in [3.63, 3.8) is 0 Å². The first-order valence-electron chi connectivity index (χ1n) is 5.74. The molecule has 1 aliphatic carbocycles. The summed E-state index contributed by atoms with van der Waals surface area (Å²) in [4.78, 5) is 13.9. The van der Waals surface area contributed by atoms with Crippen molar-refractivity contribution >= 4 is 37.0 Å². The number of hydrogen-bond donors (Lipinski definition) is 0. The molecule has 0 spiro atoms. The largest absolute Gasteiger partial charge is 0.339 e. The third-order valence-corrected chi connectivity index (χ3v) is 5.95. The molecule has 18 heavy (non-hydrogen) atoms. The Balaban J connectivity index is 2.14. The average molecular weight is 308 g/mol. The normalized spacial score (nSPS) is 15.7. The summed E-state index contributed by atoms with van der Waals surface area (Å²) >= 11 is 0.980. The SMILES string of the molecule is CCN(CC1CC1)C(=O)c1csc(S(=O)(=O)Cl)c1. The van der Waals surface area contributed by atoms with Crippen LogP contribution in [0.15, 0.2) is 15.7 Å². The maximum atomic E-state index is 12.2. The molecule has 0 bridgehead atoms. The number of halogens is 1. The summed E-state index contributed by atoms with van der Waals surface area (Å²) in [5.74, 6) is 0.496. The van der Waals surface area contributed by atoms with Crippen molar-refractivity contribution < 1.29 is 13.2 Å². The van der Waals surface area contributed by atoms with Gasteiger partial charge in [0, 0.05) is 29.2 Å². The molecule has 1 saturated carbocycles. The van der Waals surface area contributed by atoms with Crippen LogP contribution in [-0.2, 0) is 9.05 Å². The fraction of sp³-hybridized carbons (Fsp3) is 0.545. The van der Waals surface area contributed by atoms with Gasteiger partial charge in [-0.15, -0.1) is 11.3 Å². The first-order valence-corrected chi connectivity index (χ1v) is 8.93. The highest BCUT2D eigenvalue weighted by molar-refractivity contribution is 8.15.